The maximum Gasteiger partial charge on any atom is 0.182 e. The first-order valence-corrected chi connectivity index (χ1v) is 4.72. The van der Waals surface area contributed by atoms with Gasteiger partial charge >= 0.3 is 0 Å². The summed E-state index contributed by atoms with van der Waals surface area (Å²) in [6, 6.07) is 0.399. The molecule has 0 bridgehead atoms. The van der Waals surface area contributed by atoms with Crippen LogP contribution in [0.4, 0.5) is 5.82 Å². The van der Waals surface area contributed by atoms with Crippen LogP contribution in [0.3, 0.4) is 0 Å². The monoisotopic (exact) mass is 191 g/mol. The van der Waals surface area contributed by atoms with Crippen LogP contribution in [-0.2, 0) is 0 Å². The Morgan fingerprint density at radius 2 is 2.29 bits per heavy atom. The molecule has 5 nitrogen and oxygen atoms in total. The highest BCUT2D eigenvalue weighted by Crippen LogP contribution is 2.15. The quantitative estimate of drug-likeness (QED) is 0.772. The van der Waals surface area contributed by atoms with Crippen molar-refractivity contribution in [2.75, 3.05) is 5.32 Å². The van der Waals surface area contributed by atoms with Gasteiger partial charge < -0.3 is 10.3 Å². The van der Waals surface area contributed by atoms with E-state index >= 15 is 0 Å². The normalized spacial score (nSPS) is 13.0. The Hall–Kier alpha value is -1.65. The van der Waals surface area contributed by atoms with Gasteiger partial charge in [0.2, 0.25) is 0 Å². The van der Waals surface area contributed by atoms with E-state index in [9.17, 15) is 0 Å². The molecule has 14 heavy (non-hydrogen) atoms. The smallest absolute Gasteiger partial charge is 0.182 e. The molecule has 0 saturated heterocycles. The lowest BCUT2D eigenvalue weighted by Gasteiger charge is -2.11. The molecule has 0 spiro atoms. The maximum atomic E-state index is 4.17. The molecule has 5 heteroatoms. The second-order valence-corrected chi connectivity index (χ2v) is 3.28. The van der Waals surface area contributed by atoms with Gasteiger partial charge in [-0.15, -0.1) is 0 Å². The van der Waals surface area contributed by atoms with Crippen molar-refractivity contribution in [1.82, 2.24) is 19.9 Å². The number of hydrogen-bond donors (Lipinski definition) is 2. The minimum atomic E-state index is 0.399. The molecule has 0 aliphatic heterocycles. The fourth-order valence-corrected chi connectivity index (χ4v) is 1.21. The molecular formula is C9H13N5. The van der Waals surface area contributed by atoms with Gasteiger partial charge in [-0.05, 0) is 13.3 Å². The Balaban J connectivity index is 2.36. The second kappa shape index (κ2) is 3.61. The second-order valence-electron chi connectivity index (χ2n) is 3.28. The van der Waals surface area contributed by atoms with Crippen LogP contribution in [0.2, 0.25) is 0 Å². The fraction of sp³-hybridized carbons (Fsp3) is 0.444. The van der Waals surface area contributed by atoms with E-state index in [1.165, 1.54) is 6.33 Å². The molecule has 0 saturated carbocycles. The molecule has 0 aromatic carbocycles. The van der Waals surface area contributed by atoms with Crippen molar-refractivity contribution < 1.29 is 0 Å². The minimum Gasteiger partial charge on any atom is -0.366 e. The number of fused-ring (bicyclic) bond motifs is 1. The fourth-order valence-electron chi connectivity index (χ4n) is 1.21. The summed E-state index contributed by atoms with van der Waals surface area (Å²) < 4.78 is 0. The zero-order chi connectivity index (χ0) is 9.97. The lowest BCUT2D eigenvalue weighted by molar-refractivity contribution is 0.760. The van der Waals surface area contributed by atoms with Gasteiger partial charge in [0.15, 0.2) is 11.5 Å². The first kappa shape index (κ1) is 8.93. The highest BCUT2D eigenvalue weighted by molar-refractivity contribution is 5.81. The van der Waals surface area contributed by atoms with E-state index in [0.29, 0.717) is 11.7 Å². The van der Waals surface area contributed by atoms with Crippen LogP contribution >= 0.6 is 0 Å². The van der Waals surface area contributed by atoms with Gasteiger partial charge in [0.25, 0.3) is 0 Å². The Bertz CT molecular complexity index is 422. The number of rotatable bonds is 3. The molecule has 0 fully saturated rings. The topological polar surface area (TPSA) is 66.5 Å². The SMILES string of the molecule is CC[C@H](C)Nc1ncnc2nc[nH]c12. The number of H-pyrrole nitrogens is 1. The number of aromatic nitrogens is 4. The van der Waals surface area contributed by atoms with Crippen LogP contribution in [0.1, 0.15) is 20.3 Å². The lowest BCUT2D eigenvalue weighted by atomic mass is 10.2. The van der Waals surface area contributed by atoms with Gasteiger partial charge in [-0.2, -0.15) is 0 Å². The number of nitrogens with one attached hydrogen (secondary N) is 2. The molecule has 0 aliphatic rings. The molecule has 0 radical (unpaired) electrons. The molecule has 0 amide bonds. The molecule has 2 aromatic heterocycles. The molecular weight excluding hydrogens is 178 g/mol. The largest absolute Gasteiger partial charge is 0.366 e. The molecule has 1 atom stereocenters. The van der Waals surface area contributed by atoms with Gasteiger partial charge in [0.05, 0.1) is 6.33 Å². The first-order chi connectivity index (χ1) is 6.81. The van der Waals surface area contributed by atoms with E-state index in [2.05, 4.69) is 39.1 Å². The summed E-state index contributed by atoms with van der Waals surface area (Å²) in [6.45, 7) is 4.24. The van der Waals surface area contributed by atoms with E-state index in [1.54, 1.807) is 6.33 Å². The maximum absolute atomic E-state index is 4.17. The van der Waals surface area contributed by atoms with Crippen molar-refractivity contribution in [2.24, 2.45) is 0 Å². The van der Waals surface area contributed by atoms with E-state index in [-0.39, 0.29) is 0 Å². The van der Waals surface area contributed by atoms with Crippen LogP contribution in [0.15, 0.2) is 12.7 Å². The molecule has 74 valence electrons. The minimum absolute atomic E-state index is 0.399. The zero-order valence-electron chi connectivity index (χ0n) is 8.28. The number of hydrogen-bond acceptors (Lipinski definition) is 4. The molecule has 0 unspecified atom stereocenters. The van der Waals surface area contributed by atoms with Crippen molar-refractivity contribution in [2.45, 2.75) is 26.3 Å². The van der Waals surface area contributed by atoms with Crippen LogP contribution in [0, 0.1) is 0 Å². The van der Waals surface area contributed by atoms with Crippen LogP contribution in [-0.4, -0.2) is 26.0 Å². The predicted octanol–water partition coefficient (Wildman–Crippen LogP) is 1.56. The molecule has 2 N–H and O–H groups in total. The molecule has 2 rings (SSSR count). The van der Waals surface area contributed by atoms with Crippen molar-refractivity contribution in [1.29, 1.82) is 0 Å². The highest BCUT2D eigenvalue weighted by atomic mass is 15.1. The zero-order valence-corrected chi connectivity index (χ0v) is 8.28. The van der Waals surface area contributed by atoms with E-state index in [4.69, 9.17) is 0 Å². The van der Waals surface area contributed by atoms with Crippen molar-refractivity contribution in [3.63, 3.8) is 0 Å². The summed E-state index contributed by atoms with van der Waals surface area (Å²) in [5.74, 6) is 0.821. The van der Waals surface area contributed by atoms with Gasteiger partial charge in [0, 0.05) is 6.04 Å². The van der Waals surface area contributed by atoms with Crippen molar-refractivity contribution in [3.05, 3.63) is 12.7 Å². The van der Waals surface area contributed by atoms with E-state index < -0.39 is 0 Å². The Morgan fingerprint density at radius 1 is 1.43 bits per heavy atom. The highest BCUT2D eigenvalue weighted by Gasteiger charge is 2.06. The molecule has 0 aliphatic carbocycles. The van der Waals surface area contributed by atoms with Crippen molar-refractivity contribution in [3.8, 4) is 0 Å². The predicted molar refractivity (Wildman–Crippen MR) is 55.1 cm³/mol. The molecule has 2 aromatic rings. The third-order valence-corrected chi connectivity index (χ3v) is 2.22. The number of aromatic amines is 1. The summed E-state index contributed by atoms with van der Waals surface area (Å²) >= 11 is 0. The summed E-state index contributed by atoms with van der Waals surface area (Å²) in [5.41, 5.74) is 1.57. The number of nitrogens with zero attached hydrogens (tertiary/aromatic N) is 3. The van der Waals surface area contributed by atoms with Crippen LogP contribution in [0.5, 0.6) is 0 Å². The number of imidazole rings is 1. The van der Waals surface area contributed by atoms with Crippen molar-refractivity contribution >= 4 is 17.0 Å². The summed E-state index contributed by atoms with van der Waals surface area (Å²) in [5, 5.41) is 3.30. The van der Waals surface area contributed by atoms with Gasteiger partial charge in [-0.25, -0.2) is 15.0 Å². The third-order valence-electron chi connectivity index (χ3n) is 2.22. The Labute approximate surface area is 82.0 Å². The summed E-state index contributed by atoms with van der Waals surface area (Å²) in [4.78, 5) is 15.3. The van der Waals surface area contributed by atoms with Crippen LogP contribution in [0.25, 0.3) is 11.2 Å². The third kappa shape index (κ3) is 1.53. The van der Waals surface area contributed by atoms with E-state index in [1.807, 2.05) is 0 Å². The van der Waals surface area contributed by atoms with Gasteiger partial charge in [-0.3, -0.25) is 0 Å². The summed E-state index contributed by atoms with van der Waals surface area (Å²) in [6.07, 6.45) is 4.20. The lowest BCUT2D eigenvalue weighted by Crippen LogP contribution is -2.14. The van der Waals surface area contributed by atoms with Gasteiger partial charge in [0.1, 0.15) is 11.8 Å². The number of anilines is 1. The first-order valence-electron chi connectivity index (χ1n) is 4.72. The molecule has 2 heterocycles. The standard InChI is InChI=1S/C9H13N5/c1-3-6(2)14-9-7-8(11-4-10-7)12-5-13-9/h4-6H,3H2,1-2H3,(H2,10,11,12,13,14)/t6-/m0/s1. The average Bonchev–Trinajstić information content (AvgIpc) is 2.66. The van der Waals surface area contributed by atoms with E-state index in [0.717, 1.165) is 17.8 Å². The Morgan fingerprint density at radius 3 is 3.07 bits per heavy atom. The van der Waals surface area contributed by atoms with Crippen LogP contribution < -0.4 is 5.32 Å². The summed E-state index contributed by atoms with van der Waals surface area (Å²) in [7, 11) is 0. The van der Waals surface area contributed by atoms with Gasteiger partial charge in [-0.1, -0.05) is 6.92 Å². The Kier molecular flexibility index (Phi) is 2.30. The average molecular weight is 191 g/mol.